The molecule has 9 heteroatoms. The summed E-state index contributed by atoms with van der Waals surface area (Å²) in [4.78, 5) is 30.5. The highest BCUT2D eigenvalue weighted by molar-refractivity contribution is 5.94. The number of alkyl halides is 2. The maximum Gasteiger partial charge on any atom is 0.274 e. The van der Waals surface area contributed by atoms with Gasteiger partial charge in [0.2, 0.25) is 0 Å². The highest BCUT2D eigenvalue weighted by Gasteiger charge is 2.39. The molecule has 2 atom stereocenters. The molecule has 1 saturated heterocycles. The van der Waals surface area contributed by atoms with Crippen molar-refractivity contribution in [2.75, 3.05) is 31.1 Å². The summed E-state index contributed by atoms with van der Waals surface area (Å²) in [5, 5.41) is 5.38. The lowest BCUT2D eigenvalue weighted by atomic mass is 9.76. The lowest BCUT2D eigenvalue weighted by Gasteiger charge is -2.43. The van der Waals surface area contributed by atoms with Gasteiger partial charge in [0.1, 0.15) is 23.3 Å². The van der Waals surface area contributed by atoms with Crippen molar-refractivity contribution < 1.29 is 23.1 Å². The minimum absolute atomic E-state index is 0.120. The molecule has 2 fully saturated rings. The Morgan fingerprint density at radius 3 is 2.82 bits per heavy atom. The lowest BCUT2D eigenvalue weighted by Crippen LogP contribution is -2.57. The number of nitrogens with zero attached hydrogens (tertiary/aromatic N) is 2. The molecular formula is C25H30F2N4O3. The molecule has 7 nitrogen and oxygen atoms in total. The molecule has 1 aromatic heterocycles. The van der Waals surface area contributed by atoms with Gasteiger partial charge in [-0.05, 0) is 38.0 Å². The molecule has 182 valence electrons. The van der Waals surface area contributed by atoms with Gasteiger partial charge in [-0.25, -0.2) is 8.78 Å². The number of allylic oxidation sites excluding steroid dienone is 3. The zero-order valence-corrected chi connectivity index (χ0v) is 19.5. The summed E-state index contributed by atoms with van der Waals surface area (Å²) >= 11 is 0. The number of anilines is 1. The van der Waals surface area contributed by atoms with Gasteiger partial charge >= 0.3 is 0 Å². The smallest absolute Gasteiger partial charge is 0.274 e. The Bertz CT molecular complexity index is 1060. The summed E-state index contributed by atoms with van der Waals surface area (Å²) in [6, 6.07) is 3.35. The van der Waals surface area contributed by atoms with Crippen molar-refractivity contribution in [3.63, 3.8) is 0 Å². The first-order valence-electron chi connectivity index (χ1n) is 11.5. The van der Waals surface area contributed by atoms with E-state index in [9.17, 15) is 18.4 Å². The van der Waals surface area contributed by atoms with Crippen LogP contribution in [0.2, 0.25) is 0 Å². The van der Waals surface area contributed by atoms with E-state index in [0.717, 1.165) is 17.7 Å². The van der Waals surface area contributed by atoms with Crippen LogP contribution in [0.1, 0.15) is 43.6 Å². The predicted octanol–water partition coefficient (Wildman–Crippen LogP) is 3.36. The van der Waals surface area contributed by atoms with Crippen LogP contribution in [-0.4, -0.2) is 54.9 Å². The number of nitrogens with one attached hydrogen (secondary N) is 2. The van der Waals surface area contributed by atoms with Crippen molar-refractivity contribution in [1.29, 1.82) is 0 Å². The van der Waals surface area contributed by atoms with Gasteiger partial charge in [-0.3, -0.25) is 14.6 Å². The summed E-state index contributed by atoms with van der Waals surface area (Å²) in [6.07, 6.45) is 4.13. The predicted molar refractivity (Wildman–Crippen MR) is 125 cm³/mol. The van der Waals surface area contributed by atoms with E-state index < -0.39 is 17.7 Å². The van der Waals surface area contributed by atoms with Crippen LogP contribution in [0.15, 0.2) is 53.6 Å². The van der Waals surface area contributed by atoms with Gasteiger partial charge in [-0.15, -0.1) is 0 Å². The third-order valence-corrected chi connectivity index (χ3v) is 6.45. The Kier molecular flexibility index (Phi) is 6.72. The van der Waals surface area contributed by atoms with Crippen molar-refractivity contribution in [3.8, 4) is 0 Å². The van der Waals surface area contributed by atoms with Crippen LogP contribution in [0.3, 0.4) is 0 Å². The monoisotopic (exact) mass is 472 g/mol. The minimum Gasteiger partial charge on any atom is -0.484 e. The standard InChI is InChI=1S/C25H30F2N4O3/c1-15(30-24(33)20-11-18(7-9-28-20)31-13-25(3,27)14-31)6-8-29-22(32)12-34-21-10-17-4-5-19(21)23(26)16(17)2/h7,9-11,16,23H,1,4-6,8,12-14H2,2-3H3,(H,29,32)(H,30,33). The minimum atomic E-state index is -1.21. The van der Waals surface area contributed by atoms with Crippen LogP contribution in [0, 0.1) is 5.92 Å². The molecule has 1 aromatic rings. The average Bonchev–Trinajstić information content (AvgIpc) is 2.79. The molecule has 4 aliphatic rings. The first kappa shape index (κ1) is 23.9. The fourth-order valence-corrected chi connectivity index (χ4v) is 4.50. The summed E-state index contributed by atoms with van der Waals surface area (Å²) in [5.74, 6) is -0.401. The van der Waals surface area contributed by atoms with Crippen molar-refractivity contribution in [2.24, 2.45) is 5.92 Å². The Morgan fingerprint density at radius 2 is 2.12 bits per heavy atom. The average molecular weight is 473 g/mol. The number of aromatic nitrogens is 1. The van der Waals surface area contributed by atoms with E-state index in [1.165, 1.54) is 6.20 Å². The van der Waals surface area contributed by atoms with Crippen LogP contribution in [0.25, 0.3) is 0 Å². The van der Waals surface area contributed by atoms with E-state index in [2.05, 4.69) is 22.2 Å². The van der Waals surface area contributed by atoms with E-state index in [1.807, 2.05) is 17.9 Å². The fourth-order valence-electron chi connectivity index (χ4n) is 4.50. The number of ether oxygens (including phenoxy) is 1. The topological polar surface area (TPSA) is 83.6 Å². The fraction of sp³-hybridized carbons (Fsp3) is 0.480. The highest BCUT2D eigenvalue weighted by atomic mass is 19.1. The molecule has 5 rings (SSSR count). The van der Waals surface area contributed by atoms with E-state index in [4.69, 9.17) is 4.74 Å². The summed E-state index contributed by atoms with van der Waals surface area (Å²) in [6.45, 7) is 7.84. The van der Waals surface area contributed by atoms with E-state index in [1.54, 1.807) is 19.1 Å². The van der Waals surface area contributed by atoms with Crippen LogP contribution in [0.5, 0.6) is 0 Å². The number of hydrogen-bond donors (Lipinski definition) is 2. The zero-order chi connectivity index (χ0) is 24.5. The van der Waals surface area contributed by atoms with Gasteiger partial charge in [-0.2, -0.15) is 0 Å². The molecule has 34 heavy (non-hydrogen) atoms. The van der Waals surface area contributed by atoms with Gasteiger partial charge in [0.05, 0.1) is 13.1 Å². The van der Waals surface area contributed by atoms with E-state index in [-0.39, 0.29) is 43.8 Å². The summed E-state index contributed by atoms with van der Waals surface area (Å²) in [5.41, 5.74) is 1.81. The van der Waals surface area contributed by atoms with Gasteiger partial charge in [-0.1, -0.05) is 19.1 Å². The number of halogens is 2. The quantitative estimate of drug-likeness (QED) is 0.576. The number of pyridine rings is 1. The second-order valence-electron chi connectivity index (χ2n) is 9.41. The molecule has 3 aliphatic carbocycles. The SMILES string of the molecule is C=C(CCNC(=O)COC1=C2CCC(=C1)C(C)C2F)NC(=O)c1cc(N2CC(C)(F)C2)ccn1. The zero-order valence-electron chi connectivity index (χ0n) is 19.5. The van der Waals surface area contributed by atoms with Crippen LogP contribution in [0.4, 0.5) is 14.5 Å². The van der Waals surface area contributed by atoms with Crippen LogP contribution in [-0.2, 0) is 9.53 Å². The Labute approximate surface area is 197 Å². The van der Waals surface area contributed by atoms with Gasteiger partial charge < -0.3 is 20.3 Å². The number of rotatable bonds is 9. The molecule has 2 N–H and O–H groups in total. The third kappa shape index (κ3) is 5.29. The number of amides is 2. The molecule has 2 amide bonds. The van der Waals surface area contributed by atoms with Crippen molar-refractivity contribution in [3.05, 3.63) is 59.3 Å². The molecule has 0 spiro atoms. The van der Waals surface area contributed by atoms with Crippen molar-refractivity contribution in [2.45, 2.75) is 45.0 Å². The lowest BCUT2D eigenvalue weighted by molar-refractivity contribution is -0.124. The third-order valence-electron chi connectivity index (χ3n) is 6.45. The molecule has 1 aliphatic heterocycles. The molecule has 2 heterocycles. The second kappa shape index (κ2) is 9.56. The second-order valence-corrected chi connectivity index (χ2v) is 9.41. The van der Waals surface area contributed by atoms with Crippen molar-refractivity contribution >= 4 is 17.5 Å². The van der Waals surface area contributed by atoms with E-state index in [0.29, 0.717) is 29.9 Å². The first-order chi connectivity index (χ1) is 16.1. The Hall–Kier alpha value is -3.23. The molecule has 2 unspecified atom stereocenters. The molecule has 0 aromatic carbocycles. The molecule has 0 radical (unpaired) electrons. The van der Waals surface area contributed by atoms with Crippen molar-refractivity contribution in [1.82, 2.24) is 15.6 Å². The number of fused-ring (bicyclic) bond motifs is 3. The molecular weight excluding hydrogens is 442 g/mol. The number of carbonyl (C=O) groups is 2. The van der Waals surface area contributed by atoms with Gasteiger partial charge in [0.15, 0.2) is 6.61 Å². The number of hydrogen-bond acceptors (Lipinski definition) is 5. The van der Waals surface area contributed by atoms with Gasteiger partial charge in [0, 0.05) is 42.0 Å². The van der Waals surface area contributed by atoms with Crippen LogP contribution < -0.4 is 15.5 Å². The highest BCUT2D eigenvalue weighted by Crippen LogP contribution is 2.42. The maximum atomic E-state index is 14.3. The van der Waals surface area contributed by atoms with Crippen LogP contribution >= 0.6 is 0 Å². The molecule has 1 saturated carbocycles. The van der Waals surface area contributed by atoms with Gasteiger partial charge in [0.25, 0.3) is 11.8 Å². The van der Waals surface area contributed by atoms with E-state index >= 15 is 0 Å². The largest absolute Gasteiger partial charge is 0.484 e. The maximum absolute atomic E-state index is 14.3. The Morgan fingerprint density at radius 1 is 1.35 bits per heavy atom. The Balaban J connectivity index is 1.18. The summed E-state index contributed by atoms with van der Waals surface area (Å²) in [7, 11) is 0. The first-order valence-corrected chi connectivity index (χ1v) is 11.5. The normalized spacial score (nSPS) is 22.6. The molecule has 2 bridgehead atoms. The number of carbonyl (C=O) groups excluding carboxylic acids is 2. The summed E-state index contributed by atoms with van der Waals surface area (Å²) < 4.78 is 33.6.